The van der Waals surface area contributed by atoms with Crippen molar-refractivity contribution in [3.8, 4) is 0 Å². The molecule has 7 heteroatoms. The van der Waals surface area contributed by atoms with Gasteiger partial charge in [0.15, 0.2) is 6.10 Å². The van der Waals surface area contributed by atoms with Crippen LogP contribution in [0.2, 0.25) is 0 Å². The topological polar surface area (TPSA) is 88.1 Å². The monoisotopic (exact) mass is 342 g/mol. The summed E-state index contributed by atoms with van der Waals surface area (Å²) in [5.74, 6) is -1.58. The van der Waals surface area contributed by atoms with Gasteiger partial charge in [-0.05, 0) is 18.4 Å². The minimum atomic E-state index is -0.817. The van der Waals surface area contributed by atoms with Crippen molar-refractivity contribution in [1.29, 1.82) is 0 Å². The molecule has 1 aliphatic heterocycles. The van der Waals surface area contributed by atoms with Crippen LogP contribution in [0.25, 0.3) is 0 Å². The third kappa shape index (κ3) is 4.97. The summed E-state index contributed by atoms with van der Waals surface area (Å²) in [6.07, 6.45) is 0.0120. The Hall–Kier alpha value is -2.05. The fourth-order valence-corrected chi connectivity index (χ4v) is 2.71. The molecule has 136 valence electrons. The van der Waals surface area contributed by atoms with Crippen molar-refractivity contribution >= 4 is 17.9 Å². The van der Waals surface area contributed by atoms with Gasteiger partial charge in [0, 0.05) is 19.8 Å². The van der Waals surface area contributed by atoms with E-state index in [9.17, 15) is 14.4 Å². The summed E-state index contributed by atoms with van der Waals surface area (Å²) in [6.45, 7) is 8.25. The van der Waals surface area contributed by atoms with Gasteiger partial charge in [-0.25, -0.2) is 4.79 Å². The molecule has 0 saturated carbocycles. The number of hydrogen-bond acceptors (Lipinski definition) is 7. The van der Waals surface area contributed by atoms with Crippen molar-refractivity contribution in [3.05, 3.63) is 11.8 Å². The second kappa shape index (κ2) is 8.70. The first-order valence-electron chi connectivity index (χ1n) is 8.02. The number of carbonyl (C=O) groups is 3. The molecule has 0 fully saturated rings. The van der Waals surface area contributed by atoms with E-state index in [1.165, 1.54) is 21.0 Å². The van der Waals surface area contributed by atoms with Crippen LogP contribution < -0.4 is 0 Å². The van der Waals surface area contributed by atoms with Gasteiger partial charge in [-0.2, -0.15) is 0 Å². The summed E-state index contributed by atoms with van der Waals surface area (Å²) in [6, 6.07) is 0. The van der Waals surface area contributed by atoms with Crippen LogP contribution >= 0.6 is 0 Å². The molecule has 24 heavy (non-hydrogen) atoms. The summed E-state index contributed by atoms with van der Waals surface area (Å²) < 4.78 is 21.2. The van der Waals surface area contributed by atoms with Crippen molar-refractivity contribution in [3.63, 3.8) is 0 Å². The maximum absolute atomic E-state index is 11.8. The quantitative estimate of drug-likeness (QED) is 0.539. The normalized spacial score (nSPS) is 25.6. The van der Waals surface area contributed by atoms with Crippen LogP contribution in [0.1, 0.15) is 41.0 Å². The molecular formula is C17H26O7. The minimum Gasteiger partial charge on any atom is -0.479 e. The Bertz CT molecular complexity index is 511. The number of esters is 3. The van der Waals surface area contributed by atoms with Gasteiger partial charge in [0.25, 0.3) is 0 Å². The van der Waals surface area contributed by atoms with Gasteiger partial charge in [0.1, 0.15) is 12.2 Å². The second-order valence-corrected chi connectivity index (χ2v) is 5.95. The standard InChI is InChI=1S/C17H26O7/c1-7-13(22-11(4)18)16(23-12(5)19)15-10(3)9(2)8-14(24-15)17(20)21-6/h8-10,13,15-16H,7H2,1-6H3/t9-,10-,13-,15?,16-/m1/s1. The number of hydrogen-bond donors (Lipinski definition) is 0. The number of ether oxygens (including phenoxy) is 4. The van der Waals surface area contributed by atoms with E-state index in [0.29, 0.717) is 6.42 Å². The van der Waals surface area contributed by atoms with E-state index in [0.717, 1.165) is 0 Å². The van der Waals surface area contributed by atoms with E-state index < -0.39 is 36.2 Å². The molecule has 0 N–H and O–H groups in total. The molecular weight excluding hydrogens is 316 g/mol. The molecule has 5 atom stereocenters. The third-order valence-electron chi connectivity index (χ3n) is 4.12. The van der Waals surface area contributed by atoms with Crippen LogP contribution in [0.5, 0.6) is 0 Å². The van der Waals surface area contributed by atoms with Crippen molar-refractivity contribution < 1.29 is 33.3 Å². The number of methoxy groups -OCH3 is 1. The lowest BCUT2D eigenvalue weighted by Crippen LogP contribution is -2.49. The second-order valence-electron chi connectivity index (χ2n) is 5.95. The number of allylic oxidation sites excluding steroid dienone is 1. The van der Waals surface area contributed by atoms with Crippen LogP contribution in [-0.2, 0) is 33.3 Å². The van der Waals surface area contributed by atoms with Crippen molar-refractivity contribution in [2.24, 2.45) is 11.8 Å². The van der Waals surface area contributed by atoms with Gasteiger partial charge in [0.05, 0.1) is 7.11 Å². The summed E-state index contributed by atoms with van der Waals surface area (Å²) in [5.41, 5.74) is 0. The zero-order chi connectivity index (χ0) is 18.4. The fraction of sp³-hybridized carbons (Fsp3) is 0.706. The average molecular weight is 342 g/mol. The lowest BCUT2D eigenvalue weighted by molar-refractivity contribution is -0.184. The fourth-order valence-electron chi connectivity index (χ4n) is 2.71. The number of rotatable bonds is 6. The molecule has 0 aromatic carbocycles. The maximum atomic E-state index is 11.8. The molecule has 0 bridgehead atoms. The van der Waals surface area contributed by atoms with Gasteiger partial charge >= 0.3 is 17.9 Å². The Kier molecular flexibility index (Phi) is 7.25. The Morgan fingerprint density at radius 1 is 1.17 bits per heavy atom. The van der Waals surface area contributed by atoms with Gasteiger partial charge in [-0.15, -0.1) is 0 Å². The van der Waals surface area contributed by atoms with Gasteiger partial charge in [-0.3, -0.25) is 9.59 Å². The summed E-state index contributed by atoms with van der Waals surface area (Å²) in [5, 5.41) is 0. The van der Waals surface area contributed by atoms with E-state index in [1.54, 1.807) is 6.08 Å². The lowest BCUT2D eigenvalue weighted by atomic mass is 9.83. The molecule has 1 heterocycles. The highest BCUT2D eigenvalue weighted by Gasteiger charge is 2.43. The maximum Gasteiger partial charge on any atom is 0.372 e. The predicted molar refractivity (Wildman–Crippen MR) is 84.7 cm³/mol. The molecule has 0 radical (unpaired) electrons. The van der Waals surface area contributed by atoms with Crippen LogP contribution in [0.3, 0.4) is 0 Å². The van der Waals surface area contributed by atoms with Crippen LogP contribution in [0.4, 0.5) is 0 Å². The SMILES string of the molecule is CC[C@@H](OC(C)=O)[C@@H](OC(C)=O)C1OC(C(=O)OC)=C[C@@H](C)[C@H]1C. The zero-order valence-electron chi connectivity index (χ0n) is 15.0. The van der Waals surface area contributed by atoms with Gasteiger partial charge in [-0.1, -0.05) is 20.8 Å². The van der Waals surface area contributed by atoms with E-state index in [1.807, 2.05) is 20.8 Å². The highest BCUT2D eigenvalue weighted by Crippen LogP contribution is 2.33. The highest BCUT2D eigenvalue weighted by molar-refractivity contribution is 5.86. The molecule has 1 rings (SSSR count). The Balaban J connectivity index is 3.15. The van der Waals surface area contributed by atoms with Crippen molar-refractivity contribution in [2.45, 2.75) is 59.4 Å². The zero-order valence-corrected chi connectivity index (χ0v) is 15.0. The average Bonchev–Trinajstić information content (AvgIpc) is 2.52. The summed E-state index contributed by atoms with van der Waals surface area (Å²) >= 11 is 0. The van der Waals surface area contributed by atoms with Gasteiger partial charge < -0.3 is 18.9 Å². The summed E-state index contributed by atoms with van der Waals surface area (Å²) in [4.78, 5) is 34.7. The Morgan fingerprint density at radius 2 is 1.75 bits per heavy atom. The lowest BCUT2D eigenvalue weighted by Gasteiger charge is -2.39. The van der Waals surface area contributed by atoms with E-state index >= 15 is 0 Å². The summed E-state index contributed by atoms with van der Waals surface area (Å²) in [7, 11) is 1.27. The Labute approximate surface area is 142 Å². The first-order chi connectivity index (χ1) is 11.2. The van der Waals surface area contributed by atoms with Crippen LogP contribution in [0, 0.1) is 11.8 Å². The van der Waals surface area contributed by atoms with E-state index in [4.69, 9.17) is 18.9 Å². The van der Waals surface area contributed by atoms with Crippen LogP contribution in [-0.4, -0.2) is 43.3 Å². The molecule has 1 aliphatic rings. The molecule has 0 amide bonds. The largest absolute Gasteiger partial charge is 0.479 e. The first-order valence-corrected chi connectivity index (χ1v) is 8.02. The molecule has 0 aromatic heterocycles. The third-order valence-corrected chi connectivity index (χ3v) is 4.12. The number of carbonyl (C=O) groups excluding carboxylic acids is 3. The molecule has 0 spiro atoms. The smallest absolute Gasteiger partial charge is 0.372 e. The van der Waals surface area contributed by atoms with Gasteiger partial charge in [0.2, 0.25) is 5.76 Å². The molecule has 1 unspecified atom stereocenters. The Morgan fingerprint density at radius 3 is 2.21 bits per heavy atom. The van der Waals surface area contributed by atoms with E-state index in [-0.39, 0.29) is 17.6 Å². The molecule has 0 aromatic rings. The molecule has 7 nitrogen and oxygen atoms in total. The minimum absolute atomic E-state index is 0.00857. The molecule has 0 aliphatic carbocycles. The highest BCUT2D eigenvalue weighted by atomic mass is 16.6. The molecule has 0 saturated heterocycles. The van der Waals surface area contributed by atoms with E-state index in [2.05, 4.69) is 0 Å². The van der Waals surface area contributed by atoms with Crippen molar-refractivity contribution in [1.82, 2.24) is 0 Å². The predicted octanol–water partition coefficient (Wildman–Crippen LogP) is 1.99. The first kappa shape index (κ1) is 20.0. The van der Waals surface area contributed by atoms with Crippen LogP contribution in [0.15, 0.2) is 11.8 Å². The van der Waals surface area contributed by atoms with Crippen molar-refractivity contribution in [2.75, 3.05) is 7.11 Å².